The molecule has 1 saturated heterocycles. The Bertz CT molecular complexity index is 1780. The standard InChI is InChI=1S/C28H23ClFN9O2/c29-28-34-11-9-19(35-28)27(41)38-13-2-1-3-20(38)25-37-22(23-24(31)33-12-14-39(23)25)16-4-6-17(7-5-16)26(40)36-21-15-18(30)8-10-32-21/h4-12,14-15,20H,1-3,13H2,(H2,31,33)(H,32,36,40). The molecule has 3 N–H and O–H groups in total. The van der Waals surface area contributed by atoms with Gasteiger partial charge in [-0.3, -0.25) is 14.0 Å². The van der Waals surface area contributed by atoms with E-state index >= 15 is 0 Å². The lowest BCUT2D eigenvalue weighted by Gasteiger charge is -2.34. The van der Waals surface area contributed by atoms with Crippen LogP contribution in [0.25, 0.3) is 16.8 Å². The van der Waals surface area contributed by atoms with E-state index in [0.29, 0.717) is 41.1 Å². The van der Waals surface area contributed by atoms with Crippen LogP contribution in [0.5, 0.6) is 0 Å². The molecule has 0 radical (unpaired) electrons. The molecule has 4 aromatic heterocycles. The number of carbonyl (C=O) groups is 2. The number of piperidine rings is 1. The van der Waals surface area contributed by atoms with E-state index in [-0.39, 0.29) is 34.6 Å². The van der Waals surface area contributed by atoms with Crippen molar-refractivity contribution in [2.45, 2.75) is 25.3 Å². The third-order valence-electron chi connectivity index (χ3n) is 6.90. The van der Waals surface area contributed by atoms with E-state index in [2.05, 4.69) is 25.3 Å². The van der Waals surface area contributed by atoms with Crippen LogP contribution in [0.15, 0.2) is 67.3 Å². The number of hydrogen-bond donors (Lipinski definition) is 2. The summed E-state index contributed by atoms with van der Waals surface area (Å²) in [7, 11) is 0. The number of hydrogen-bond acceptors (Lipinski definition) is 8. The van der Waals surface area contributed by atoms with Crippen molar-refractivity contribution in [3.8, 4) is 11.3 Å². The highest BCUT2D eigenvalue weighted by atomic mass is 35.5. The van der Waals surface area contributed by atoms with Crippen molar-refractivity contribution in [1.29, 1.82) is 0 Å². The van der Waals surface area contributed by atoms with Gasteiger partial charge in [-0.2, -0.15) is 0 Å². The first-order valence-corrected chi connectivity index (χ1v) is 13.2. The molecule has 13 heteroatoms. The second-order valence-corrected chi connectivity index (χ2v) is 9.80. The Kier molecular flexibility index (Phi) is 6.98. The first kappa shape index (κ1) is 26.3. The highest BCUT2D eigenvalue weighted by molar-refractivity contribution is 6.28. The molecule has 1 aliphatic heterocycles. The van der Waals surface area contributed by atoms with Gasteiger partial charge in [0.05, 0.1) is 6.04 Å². The van der Waals surface area contributed by atoms with Crippen molar-refractivity contribution in [3.05, 3.63) is 95.4 Å². The second kappa shape index (κ2) is 10.9. The van der Waals surface area contributed by atoms with Gasteiger partial charge in [-0.05, 0) is 55.1 Å². The van der Waals surface area contributed by atoms with Crippen molar-refractivity contribution in [2.75, 3.05) is 17.6 Å². The number of halogens is 2. The van der Waals surface area contributed by atoms with Crippen molar-refractivity contribution in [3.63, 3.8) is 0 Å². The van der Waals surface area contributed by atoms with Gasteiger partial charge in [0.1, 0.15) is 40.2 Å². The van der Waals surface area contributed by atoms with Crippen LogP contribution in [-0.2, 0) is 0 Å². The maximum absolute atomic E-state index is 13.5. The number of rotatable bonds is 5. The number of anilines is 2. The maximum atomic E-state index is 13.5. The van der Waals surface area contributed by atoms with Gasteiger partial charge in [0.25, 0.3) is 11.8 Å². The van der Waals surface area contributed by atoms with Gasteiger partial charge >= 0.3 is 0 Å². The van der Waals surface area contributed by atoms with Gasteiger partial charge in [-0.1, -0.05) is 12.1 Å². The number of carbonyl (C=O) groups excluding carboxylic acids is 2. The molecule has 1 aromatic carbocycles. The molecule has 2 amide bonds. The normalized spacial score (nSPS) is 15.2. The molecule has 1 aliphatic rings. The summed E-state index contributed by atoms with van der Waals surface area (Å²) in [6, 6.07) is 10.3. The minimum absolute atomic E-state index is 0.00104. The molecule has 0 spiro atoms. The average molecular weight is 572 g/mol. The quantitative estimate of drug-likeness (QED) is 0.292. The van der Waals surface area contributed by atoms with E-state index in [1.807, 2.05) is 4.40 Å². The largest absolute Gasteiger partial charge is 0.382 e. The number of imidazole rings is 1. The van der Waals surface area contributed by atoms with Crippen LogP contribution in [0.4, 0.5) is 16.0 Å². The van der Waals surface area contributed by atoms with E-state index in [1.54, 1.807) is 47.6 Å². The maximum Gasteiger partial charge on any atom is 0.273 e. The number of nitrogens with two attached hydrogens (primary N) is 1. The van der Waals surface area contributed by atoms with Gasteiger partial charge in [-0.25, -0.2) is 29.3 Å². The van der Waals surface area contributed by atoms with Crippen LogP contribution in [0.3, 0.4) is 0 Å². The smallest absolute Gasteiger partial charge is 0.273 e. The fourth-order valence-corrected chi connectivity index (χ4v) is 5.16. The minimum atomic E-state index is -0.502. The fourth-order valence-electron chi connectivity index (χ4n) is 5.01. The summed E-state index contributed by atoms with van der Waals surface area (Å²) in [5.74, 6) is -0.181. The van der Waals surface area contributed by atoms with Gasteiger partial charge in [-0.15, -0.1) is 0 Å². The lowest BCUT2D eigenvalue weighted by molar-refractivity contribution is 0.0593. The minimum Gasteiger partial charge on any atom is -0.382 e. The summed E-state index contributed by atoms with van der Waals surface area (Å²) in [6.45, 7) is 0.528. The zero-order valence-corrected chi connectivity index (χ0v) is 22.3. The number of nitrogens with one attached hydrogen (secondary N) is 1. The molecule has 0 aliphatic carbocycles. The molecule has 6 rings (SSSR count). The van der Waals surface area contributed by atoms with Crippen LogP contribution in [0.1, 0.15) is 52.0 Å². The first-order chi connectivity index (χ1) is 19.9. The number of nitrogen functional groups attached to an aromatic ring is 1. The number of likely N-dealkylation sites (tertiary alicyclic amines) is 1. The molecule has 206 valence electrons. The number of amides is 2. The van der Waals surface area contributed by atoms with Gasteiger partial charge in [0.15, 0.2) is 0 Å². The molecule has 0 saturated carbocycles. The Balaban J connectivity index is 1.35. The Morgan fingerprint density at radius 2 is 1.80 bits per heavy atom. The summed E-state index contributed by atoms with van der Waals surface area (Å²) in [5.41, 5.74) is 8.74. The molecule has 11 nitrogen and oxygen atoms in total. The van der Waals surface area contributed by atoms with Gasteiger partial charge < -0.3 is 16.0 Å². The summed E-state index contributed by atoms with van der Waals surface area (Å²) in [4.78, 5) is 49.2. The average Bonchev–Trinajstić information content (AvgIpc) is 3.38. The molecule has 5 aromatic rings. The summed E-state index contributed by atoms with van der Waals surface area (Å²) in [6.07, 6.45) is 8.53. The Hall–Kier alpha value is -4.97. The Morgan fingerprint density at radius 1 is 1.00 bits per heavy atom. The highest BCUT2D eigenvalue weighted by Crippen LogP contribution is 2.36. The van der Waals surface area contributed by atoms with Crippen LogP contribution in [0, 0.1) is 5.82 Å². The number of fused-ring (bicyclic) bond motifs is 1. The monoisotopic (exact) mass is 571 g/mol. The van der Waals surface area contributed by atoms with Crippen molar-refractivity contribution in [1.82, 2.24) is 34.2 Å². The van der Waals surface area contributed by atoms with E-state index in [4.69, 9.17) is 22.3 Å². The predicted molar refractivity (Wildman–Crippen MR) is 150 cm³/mol. The van der Waals surface area contributed by atoms with Crippen molar-refractivity contribution < 1.29 is 14.0 Å². The molecular weight excluding hydrogens is 549 g/mol. The molecule has 5 heterocycles. The molecule has 1 atom stereocenters. The van der Waals surface area contributed by atoms with Crippen LogP contribution >= 0.6 is 11.6 Å². The molecular formula is C28H23ClFN9O2. The summed E-state index contributed by atoms with van der Waals surface area (Å²) < 4.78 is 15.3. The second-order valence-electron chi connectivity index (χ2n) is 9.46. The topological polar surface area (TPSA) is 144 Å². The van der Waals surface area contributed by atoms with E-state index < -0.39 is 11.7 Å². The van der Waals surface area contributed by atoms with Crippen LogP contribution in [0.2, 0.25) is 5.28 Å². The van der Waals surface area contributed by atoms with Crippen molar-refractivity contribution >= 4 is 40.6 Å². The summed E-state index contributed by atoms with van der Waals surface area (Å²) in [5, 5.41) is 2.58. The van der Waals surface area contributed by atoms with Crippen LogP contribution < -0.4 is 11.1 Å². The lowest BCUT2D eigenvalue weighted by Crippen LogP contribution is -2.39. The van der Waals surface area contributed by atoms with Crippen molar-refractivity contribution in [2.24, 2.45) is 0 Å². The number of aromatic nitrogens is 6. The van der Waals surface area contributed by atoms with Crippen LogP contribution in [-0.4, -0.2) is 52.6 Å². The number of benzene rings is 1. The van der Waals surface area contributed by atoms with E-state index in [0.717, 1.165) is 18.9 Å². The predicted octanol–water partition coefficient (Wildman–Crippen LogP) is 4.58. The summed E-state index contributed by atoms with van der Waals surface area (Å²) >= 11 is 5.95. The molecule has 1 fully saturated rings. The molecule has 1 unspecified atom stereocenters. The van der Waals surface area contributed by atoms with Gasteiger partial charge in [0, 0.05) is 48.5 Å². The third kappa shape index (κ3) is 5.16. The fraction of sp³-hybridized carbons (Fsp3) is 0.179. The zero-order valence-electron chi connectivity index (χ0n) is 21.5. The third-order valence-corrected chi connectivity index (χ3v) is 7.08. The molecule has 41 heavy (non-hydrogen) atoms. The first-order valence-electron chi connectivity index (χ1n) is 12.8. The lowest BCUT2D eigenvalue weighted by atomic mass is 10.0. The SMILES string of the molecule is Nc1nccn2c(C3CCCCN3C(=O)c3ccnc(Cl)n3)nc(-c3ccc(C(=O)Nc4cc(F)ccn4)cc3)c12. The zero-order chi connectivity index (χ0) is 28.5. The number of pyridine rings is 1. The van der Waals surface area contributed by atoms with E-state index in [9.17, 15) is 14.0 Å². The number of nitrogens with zero attached hydrogens (tertiary/aromatic N) is 7. The Labute approximate surface area is 238 Å². The Morgan fingerprint density at radius 3 is 2.59 bits per heavy atom. The van der Waals surface area contributed by atoms with E-state index in [1.165, 1.54) is 18.5 Å². The molecule has 0 bridgehead atoms. The van der Waals surface area contributed by atoms with Gasteiger partial charge in [0.2, 0.25) is 5.28 Å². The highest BCUT2D eigenvalue weighted by Gasteiger charge is 2.33.